The third kappa shape index (κ3) is 9.20. The van der Waals surface area contributed by atoms with Crippen molar-refractivity contribution in [3.05, 3.63) is 83.0 Å². The zero-order valence-corrected chi connectivity index (χ0v) is 28.5. The lowest BCUT2D eigenvalue weighted by Crippen LogP contribution is -2.30. The van der Waals surface area contributed by atoms with E-state index < -0.39 is 49.6 Å². The van der Waals surface area contributed by atoms with Crippen molar-refractivity contribution >= 4 is 39.1 Å². The minimum Gasteiger partial charge on any atom is -0.448 e. The van der Waals surface area contributed by atoms with Crippen LogP contribution in [0, 0.1) is 17.5 Å². The van der Waals surface area contributed by atoms with Gasteiger partial charge in [0.2, 0.25) is 5.95 Å². The highest BCUT2D eigenvalue weighted by Gasteiger charge is 2.28. The van der Waals surface area contributed by atoms with Crippen LogP contribution in [0.2, 0.25) is 0 Å². The van der Waals surface area contributed by atoms with Crippen LogP contribution in [0.25, 0.3) is 21.8 Å². The largest absolute Gasteiger partial charge is 0.448 e. The van der Waals surface area contributed by atoms with Crippen molar-refractivity contribution in [3.63, 3.8) is 0 Å². The van der Waals surface area contributed by atoms with E-state index in [4.69, 9.17) is 21.2 Å². The minimum atomic E-state index is -4.85. The fourth-order valence-corrected chi connectivity index (χ4v) is 6.24. The Hall–Kier alpha value is -4.74. The van der Waals surface area contributed by atoms with E-state index in [-0.39, 0.29) is 42.6 Å². The molecule has 48 heavy (non-hydrogen) atoms. The molecule has 258 valence electrons. The number of amides is 1. The van der Waals surface area contributed by atoms with E-state index in [9.17, 15) is 22.0 Å². The Bertz CT molecular complexity index is 1860. The molecule has 0 radical (unpaired) electrons. The molecule has 0 bridgehead atoms. The number of aromatic nitrogens is 3. The fraction of sp³-hybridized carbons (Fsp3) is 0.290. The number of ether oxygens (including phenoxy) is 1. The third-order valence-corrected chi connectivity index (χ3v) is 9.01. The Morgan fingerprint density at radius 2 is 1.71 bits per heavy atom. The Morgan fingerprint density at radius 1 is 1.04 bits per heavy atom. The predicted molar refractivity (Wildman–Crippen MR) is 180 cm³/mol. The Labute approximate surface area is 280 Å². The van der Waals surface area contributed by atoms with Crippen molar-refractivity contribution in [3.8, 4) is 21.8 Å². The van der Waals surface area contributed by atoms with Gasteiger partial charge in [-0.1, -0.05) is 46.8 Å². The van der Waals surface area contributed by atoms with Crippen LogP contribution in [0.1, 0.15) is 39.6 Å². The van der Waals surface area contributed by atoms with Crippen molar-refractivity contribution in [1.82, 2.24) is 20.3 Å². The highest BCUT2D eigenvalue weighted by Crippen LogP contribution is 2.42. The van der Waals surface area contributed by atoms with Gasteiger partial charge in [-0.3, -0.25) is 10.0 Å². The van der Waals surface area contributed by atoms with Gasteiger partial charge < -0.3 is 21.5 Å². The second-order valence-corrected chi connectivity index (χ2v) is 13.2. The maximum atomic E-state index is 16.1. The summed E-state index contributed by atoms with van der Waals surface area (Å²) in [5.41, 5.74) is 10.6. The van der Waals surface area contributed by atoms with Crippen molar-refractivity contribution < 1.29 is 31.1 Å². The molecule has 0 saturated heterocycles. The van der Waals surface area contributed by atoms with Crippen LogP contribution in [0.3, 0.4) is 0 Å². The Balaban J connectivity index is 0.00000307. The molecule has 2 aromatic heterocycles. The van der Waals surface area contributed by atoms with Crippen molar-refractivity contribution in [2.45, 2.75) is 44.9 Å². The number of carbonyl (C=O) groups is 1. The molecule has 0 aliphatic rings. The van der Waals surface area contributed by atoms with Gasteiger partial charge in [0, 0.05) is 29.9 Å². The summed E-state index contributed by atoms with van der Waals surface area (Å²) < 4.78 is 77.3. The number of nitrogens with zero attached hydrogens (tertiary/aromatic N) is 3. The summed E-state index contributed by atoms with van der Waals surface area (Å²) in [6.07, 6.45) is 1.89. The monoisotopic (exact) mass is 706 g/mol. The molecule has 0 aliphatic carbocycles. The molecule has 0 fully saturated rings. The molecule has 0 unspecified atom stereocenters. The number of halogens is 3. The molecular formula is C31H37F3N8O4S2. The van der Waals surface area contributed by atoms with Gasteiger partial charge in [0.1, 0.15) is 18.2 Å². The first-order valence-corrected chi connectivity index (χ1v) is 16.9. The number of anilines is 2. The van der Waals surface area contributed by atoms with Gasteiger partial charge >= 0.3 is 6.09 Å². The summed E-state index contributed by atoms with van der Waals surface area (Å²) in [7, 11) is -4.85. The normalized spacial score (nSPS) is 11.7. The lowest BCUT2D eigenvalue weighted by atomic mass is 9.98. The number of thiazole rings is 1. The van der Waals surface area contributed by atoms with Crippen LogP contribution >= 0.6 is 11.3 Å². The summed E-state index contributed by atoms with van der Waals surface area (Å²) in [6.45, 7) is 9.95. The molecule has 0 atom stereocenters. The highest BCUT2D eigenvalue weighted by atomic mass is 32.2. The number of carbonyl (C=O) groups excluding carboxylic acids is 1. The summed E-state index contributed by atoms with van der Waals surface area (Å²) >= 11 is 1.25. The van der Waals surface area contributed by atoms with Gasteiger partial charge in [0.25, 0.3) is 10.0 Å². The SMILES string of the molecule is CC.CC(C)(C)c1nc(-c2cccc(NS(=O)(=O)c3c(F)cccc3F)c2F)c(-c2ccnc(NC/C(=C/N)NC(=O)OCCN)n2)s1. The summed E-state index contributed by atoms with van der Waals surface area (Å²) in [5.74, 6) is -3.54. The quantitative estimate of drug-likeness (QED) is 0.129. The van der Waals surface area contributed by atoms with Crippen LogP contribution in [0.5, 0.6) is 0 Å². The number of hydrogen-bond donors (Lipinski definition) is 5. The zero-order chi connectivity index (χ0) is 35.6. The van der Waals surface area contributed by atoms with Gasteiger partial charge in [-0.05, 0) is 30.3 Å². The molecule has 4 rings (SSSR count). The second-order valence-electron chi connectivity index (χ2n) is 10.6. The Morgan fingerprint density at radius 3 is 2.33 bits per heavy atom. The lowest BCUT2D eigenvalue weighted by molar-refractivity contribution is 0.152. The van der Waals surface area contributed by atoms with Gasteiger partial charge in [0.15, 0.2) is 10.7 Å². The molecule has 1 amide bonds. The lowest BCUT2D eigenvalue weighted by Gasteiger charge is -2.14. The molecule has 2 heterocycles. The number of nitrogens with two attached hydrogens (primary N) is 2. The molecule has 2 aromatic carbocycles. The zero-order valence-electron chi connectivity index (χ0n) is 26.9. The first-order valence-electron chi connectivity index (χ1n) is 14.6. The number of rotatable bonds is 11. The molecule has 4 aromatic rings. The molecule has 17 heteroatoms. The molecular weight excluding hydrogens is 670 g/mol. The average molecular weight is 707 g/mol. The Kier molecular flexibility index (Phi) is 12.9. The van der Waals surface area contributed by atoms with Gasteiger partial charge in [0.05, 0.1) is 39.2 Å². The molecule has 7 N–H and O–H groups in total. The smallest absolute Gasteiger partial charge is 0.411 e. The summed E-state index contributed by atoms with van der Waals surface area (Å²) in [6, 6.07) is 8.07. The second kappa shape index (κ2) is 16.4. The van der Waals surface area contributed by atoms with Crippen LogP contribution in [0.4, 0.5) is 29.6 Å². The first kappa shape index (κ1) is 37.7. The van der Waals surface area contributed by atoms with Crippen LogP contribution in [-0.4, -0.2) is 49.2 Å². The third-order valence-electron chi connectivity index (χ3n) is 6.09. The van der Waals surface area contributed by atoms with E-state index in [1.807, 2.05) is 39.3 Å². The molecule has 0 saturated carbocycles. The number of benzene rings is 2. The van der Waals surface area contributed by atoms with E-state index in [0.29, 0.717) is 15.6 Å². The maximum absolute atomic E-state index is 16.1. The minimum absolute atomic E-state index is 0.0138. The summed E-state index contributed by atoms with van der Waals surface area (Å²) in [5, 5.41) is 6.04. The number of sulfonamides is 1. The predicted octanol–water partition coefficient (Wildman–Crippen LogP) is 5.71. The fourth-order valence-electron chi connectivity index (χ4n) is 3.93. The maximum Gasteiger partial charge on any atom is 0.411 e. The van der Waals surface area contributed by atoms with Crippen molar-refractivity contribution in [2.75, 3.05) is 29.7 Å². The van der Waals surface area contributed by atoms with E-state index in [1.54, 1.807) is 6.07 Å². The van der Waals surface area contributed by atoms with Crippen molar-refractivity contribution in [1.29, 1.82) is 0 Å². The molecule has 0 spiro atoms. The molecule has 0 aliphatic heterocycles. The molecule has 12 nitrogen and oxygen atoms in total. The van der Waals surface area contributed by atoms with E-state index in [0.717, 1.165) is 24.3 Å². The number of alkyl carbamates (subject to hydrolysis) is 1. The summed E-state index contributed by atoms with van der Waals surface area (Å²) in [4.78, 5) is 24.5. The highest BCUT2D eigenvalue weighted by molar-refractivity contribution is 7.92. The number of nitrogens with one attached hydrogen (secondary N) is 3. The standard InChI is InChI=1S/C29H31F3N8O4S2.C2H6/c1-29(2,3)26-39-23(17-6-4-9-20(22(17)32)40-46(42,43)25-18(30)7-5-8-19(25)31)24(45-26)21-10-12-35-27(38-21)36-15-16(14-34)37-28(41)44-13-11-33;1-2/h4-10,12,14,40H,11,13,15,33-34H2,1-3H3,(H,37,41)(H,35,36,38);1-2H3/b16-14-;. The van der Waals surface area contributed by atoms with E-state index >= 15 is 4.39 Å². The van der Waals surface area contributed by atoms with Gasteiger partial charge in [-0.2, -0.15) is 0 Å². The van der Waals surface area contributed by atoms with Crippen molar-refractivity contribution in [2.24, 2.45) is 11.5 Å². The van der Waals surface area contributed by atoms with Crippen LogP contribution in [-0.2, 0) is 20.2 Å². The number of hydrogen-bond acceptors (Lipinski definition) is 11. The van der Waals surface area contributed by atoms with Gasteiger partial charge in [-0.25, -0.2) is 41.3 Å². The van der Waals surface area contributed by atoms with Crippen LogP contribution in [0.15, 0.2) is 65.5 Å². The van der Waals surface area contributed by atoms with Crippen LogP contribution < -0.4 is 26.8 Å². The average Bonchev–Trinajstić information content (AvgIpc) is 3.50. The van der Waals surface area contributed by atoms with Gasteiger partial charge in [-0.15, -0.1) is 11.3 Å². The van der Waals surface area contributed by atoms with E-state index in [1.165, 1.54) is 35.9 Å². The van der Waals surface area contributed by atoms with E-state index in [2.05, 4.69) is 20.6 Å². The first-order chi connectivity index (χ1) is 22.7. The topological polar surface area (TPSA) is 187 Å².